The predicted molar refractivity (Wildman–Crippen MR) is 114 cm³/mol. The molecule has 2 aromatic carbocycles. The minimum atomic E-state index is -4.47. The van der Waals surface area contributed by atoms with Gasteiger partial charge in [0.05, 0.1) is 24.4 Å². The third-order valence-corrected chi connectivity index (χ3v) is 5.74. The average Bonchev–Trinajstić information content (AvgIpc) is 3.24. The van der Waals surface area contributed by atoms with Crippen LogP contribution in [0.15, 0.2) is 47.5 Å². The first-order chi connectivity index (χ1) is 15.5. The molecule has 178 valence electrons. The summed E-state index contributed by atoms with van der Waals surface area (Å²) < 4.78 is 65.0. The van der Waals surface area contributed by atoms with Gasteiger partial charge in [-0.2, -0.15) is 13.2 Å². The zero-order valence-electron chi connectivity index (χ0n) is 17.9. The van der Waals surface area contributed by atoms with Gasteiger partial charge < -0.3 is 10.4 Å². The van der Waals surface area contributed by atoms with Crippen LogP contribution < -0.4 is 5.32 Å². The number of anilines is 1. The number of carbonyl (C=O) groups is 1. The van der Waals surface area contributed by atoms with Crippen LogP contribution in [0.4, 0.5) is 27.6 Å². The summed E-state index contributed by atoms with van der Waals surface area (Å²) in [7, 11) is 1.68. The maximum absolute atomic E-state index is 13.4. The number of hydrogen-bond donors (Lipinski definition) is 2. The van der Waals surface area contributed by atoms with E-state index in [-0.39, 0.29) is 17.9 Å². The molecule has 2 aromatic rings. The molecule has 1 fully saturated rings. The van der Waals surface area contributed by atoms with E-state index in [4.69, 9.17) is 4.99 Å². The van der Waals surface area contributed by atoms with Gasteiger partial charge in [-0.15, -0.1) is 0 Å². The van der Waals surface area contributed by atoms with Crippen molar-refractivity contribution in [1.82, 2.24) is 4.90 Å². The van der Waals surface area contributed by atoms with Crippen LogP contribution in [-0.2, 0) is 11.0 Å². The maximum Gasteiger partial charge on any atom is 0.416 e. The van der Waals surface area contributed by atoms with Gasteiger partial charge in [0.2, 0.25) is 5.91 Å². The van der Waals surface area contributed by atoms with E-state index in [9.17, 15) is 31.9 Å². The Kier molecular flexibility index (Phi) is 7.48. The number of nitrogens with zero attached hydrogens (tertiary/aromatic N) is 2. The Balaban J connectivity index is 1.79. The van der Waals surface area contributed by atoms with Crippen LogP contribution in [0.5, 0.6) is 0 Å². The molecule has 0 bridgehead atoms. The van der Waals surface area contributed by atoms with Crippen LogP contribution in [0.3, 0.4) is 0 Å². The topological polar surface area (TPSA) is 64.9 Å². The lowest BCUT2D eigenvalue weighted by Gasteiger charge is -2.35. The minimum absolute atomic E-state index is 0.108. The van der Waals surface area contributed by atoms with Gasteiger partial charge in [-0.05, 0) is 62.6 Å². The Bertz CT molecular complexity index is 1020. The second kappa shape index (κ2) is 9.96. The van der Waals surface area contributed by atoms with E-state index in [1.807, 2.05) is 0 Å². The number of nitrogens with one attached hydrogen (secondary N) is 1. The van der Waals surface area contributed by atoms with Gasteiger partial charge in [-0.1, -0.05) is 12.1 Å². The number of aliphatic hydroxyl groups excluding tert-OH is 1. The van der Waals surface area contributed by atoms with Gasteiger partial charge in [0.15, 0.2) is 11.6 Å². The van der Waals surface area contributed by atoms with Crippen LogP contribution in [0, 0.1) is 11.6 Å². The largest absolute Gasteiger partial charge is 0.416 e. The van der Waals surface area contributed by atoms with Crippen molar-refractivity contribution in [2.24, 2.45) is 4.99 Å². The lowest BCUT2D eigenvalue weighted by molar-refractivity contribution is -0.137. The molecule has 2 N–H and O–H groups in total. The fourth-order valence-corrected chi connectivity index (χ4v) is 3.95. The smallest absolute Gasteiger partial charge is 0.390 e. The molecule has 1 amide bonds. The summed E-state index contributed by atoms with van der Waals surface area (Å²) in [5.74, 6) is -2.57. The number of alkyl halides is 3. The van der Waals surface area contributed by atoms with E-state index < -0.39 is 41.6 Å². The molecule has 0 spiro atoms. The summed E-state index contributed by atoms with van der Waals surface area (Å²) in [6.45, 7) is -0.601. The Labute approximate surface area is 187 Å². The lowest BCUT2D eigenvalue weighted by Crippen LogP contribution is -2.47. The van der Waals surface area contributed by atoms with Gasteiger partial charge in [-0.25, -0.2) is 8.78 Å². The van der Waals surface area contributed by atoms with E-state index in [1.165, 1.54) is 18.2 Å². The Morgan fingerprint density at radius 1 is 1.09 bits per heavy atom. The van der Waals surface area contributed by atoms with E-state index >= 15 is 0 Å². The molecular formula is C23H24F5N3O2. The molecule has 0 aromatic heterocycles. The van der Waals surface area contributed by atoms with Crippen LogP contribution >= 0.6 is 0 Å². The molecule has 0 aliphatic heterocycles. The SMILES string of the molecule is CN(CC(=O)Nc1ccc(F)c(F)c1)C1(/N=C(\CO)c2ccc(C(F)(F)F)cc2)CCCC1. The summed E-state index contributed by atoms with van der Waals surface area (Å²) in [4.78, 5) is 18.9. The van der Waals surface area contributed by atoms with Gasteiger partial charge in [0.1, 0.15) is 5.66 Å². The van der Waals surface area contributed by atoms with Crippen molar-refractivity contribution >= 4 is 17.3 Å². The number of hydrogen-bond acceptors (Lipinski definition) is 4. The molecule has 1 aliphatic carbocycles. The molecule has 0 radical (unpaired) electrons. The molecule has 0 saturated heterocycles. The Hall–Kier alpha value is -2.85. The van der Waals surface area contributed by atoms with E-state index in [0.717, 1.165) is 37.1 Å². The molecule has 0 unspecified atom stereocenters. The van der Waals surface area contributed by atoms with Crippen molar-refractivity contribution in [2.45, 2.75) is 37.5 Å². The van der Waals surface area contributed by atoms with Crippen molar-refractivity contribution in [1.29, 1.82) is 0 Å². The van der Waals surface area contributed by atoms with Crippen molar-refractivity contribution < 1.29 is 31.9 Å². The predicted octanol–water partition coefficient (Wildman–Crippen LogP) is 4.61. The van der Waals surface area contributed by atoms with Crippen molar-refractivity contribution in [3.05, 3.63) is 65.2 Å². The van der Waals surface area contributed by atoms with Crippen LogP contribution in [0.1, 0.15) is 36.8 Å². The lowest BCUT2D eigenvalue weighted by atomic mass is 10.0. The second-order valence-corrected chi connectivity index (χ2v) is 8.01. The standard InChI is InChI=1S/C23H24F5N3O2/c1-31(13-21(33)29-17-8-9-18(24)19(25)12-17)22(10-2-3-11-22)30-20(14-32)15-4-6-16(7-5-15)23(26,27)28/h4-9,12,32H,2-3,10-11,13-14H2,1H3,(H,29,33)/b30-20+. The molecule has 3 rings (SSSR count). The number of aliphatic imine (C=N–C) groups is 1. The summed E-state index contributed by atoms with van der Waals surface area (Å²) >= 11 is 0. The van der Waals surface area contributed by atoms with Gasteiger partial charge in [-0.3, -0.25) is 14.7 Å². The van der Waals surface area contributed by atoms with Gasteiger partial charge in [0.25, 0.3) is 0 Å². The highest BCUT2D eigenvalue weighted by atomic mass is 19.4. The highest BCUT2D eigenvalue weighted by Crippen LogP contribution is 2.36. The molecule has 5 nitrogen and oxygen atoms in total. The second-order valence-electron chi connectivity index (χ2n) is 8.01. The van der Waals surface area contributed by atoms with Crippen LogP contribution in [-0.4, -0.2) is 47.5 Å². The fourth-order valence-electron chi connectivity index (χ4n) is 3.95. The molecular weight excluding hydrogens is 445 g/mol. The minimum Gasteiger partial charge on any atom is -0.390 e. The number of carbonyl (C=O) groups excluding carboxylic acids is 1. The van der Waals surface area contributed by atoms with E-state index in [0.29, 0.717) is 18.4 Å². The first-order valence-corrected chi connectivity index (χ1v) is 10.4. The number of rotatable bonds is 7. The summed E-state index contributed by atoms with van der Waals surface area (Å²) in [5.41, 5.74) is -0.941. The van der Waals surface area contributed by atoms with Crippen molar-refractivity contribution in [3.8, 4) is 0 Å². The molecule has 0 heterocycles. The average molecular weight is 469 g/mol. The summed E-state index contributed by atoms with van der Waals surface area (Å²) in [6, 6.07) is 7.42. The van der Waals surface area contributed by atoms with Crippen molar-refractivity contribution in [3.63, 3.8) is 0 Å². The maximum atomic E-state index is 13.4. The van der Waals surface area contributed by atoms with E-state index in [1.54, 1.807) is 11.9 Å². The first-order valence-electron chi connectivity index (χ1n) is 10.4. The highest BCUT2D eigenvalue weighted by Gasteiger charge is 2.39. The number of likely N-dealkylation sites (N-methyl/N-ethyl adjacent to an activating group) is 1. The molecule has 33 heavy (non-hydrogen) atoms. The Morgan fingerprint density at radius 3 is 2.27 bits per heavy atom. The normalized spacial score (nSPS) is 16.3. The summed E-state index contributed by atoms with van der Waals surface area (Å²) in [5, 5.41) is 12.4. The number of amides is 1. The first kappa shape index (κ1) is 24.8. The molecule has 1 aliphatic rings. The highest BCUT2D eigenvalue weighted by molar-refractivity contribution is 6.01. The third-order valence-electron chi connectivity index (χ3n) is 5.74. The van der Waals surface area contributed by atoms with Crippen molar-refractivity contribution in [2.75, 3.05) is 25.5 Å². The summed E-state index contributed by atoms with van der Waals surface area (Å²) in [6.07, 6.45) is -1.64. The molecule has 10 heteroatoms. The van der Waals surface area contributed by atoms with E-state index in [2.05, 4.69) is 5.32 Å². The third kappa shape index (κ3) is 5.94. The Morgan fingerprint density at radius 2 is 1.73 bits per heavy atom. The van der Waals surface area contributed by atoms with Gasteiger partial charge in [0, 0.05) is 11.8 Å². The number of aliphatic hydroxyl groups is 1. The fraction of sp³-hybridized carbons (Fsp3) is 0.391. The quantitative estimate of drug-likeness (QED) is 0.460. The zero-order valence-corrected chi connectivity index (χ0v) is 17.9. The molecule has 1 saturated carbocycles. The number of halogens is 5. The number of benzene rings is 2. The zero-order chi connectivity index (χ0) is 24.2. The monoisotopic (exact) mass is 469 g/mol. The van der Waals surface area contributed by atoms with Crippen LogP contribution in [0.25, 0.3) is 0 Å². The van der Waals surface area contributed by atoms with Gasteiger partial charge >= 0.3 is 6.18 Å². The molecule has 0 atom stereocenters. The van der Waals surface area contributed by atoms with Crippen LogP contribution in [0.2, 0.25) is 0 Å².